The largest absolute Gasteiger partial charge is 0.445 e. The minimum atomic E-state index is -0.672. The molecule has 1 aliphatic rings. The first-order chi connectivity index (χ1) is 18.2. The molecule has 7 heteroatoms. The zero-order valence-electron chi connectivity index (χ0n) is 21.7. The third-order valence-corrected chi connectivity index (χ3v) is 6.56. The Bertz CT molecular complexity index is 1490. The van der Waals surface area contributed by atoms with Gasteiger partial charge in [-0.2, -0.15) is 10.0 Å². The lowest BCUT2D eigenvalue weighted by atomic mass is 9.91. The third kappa shape index (κ3) is 4.79. The van der Waals surface area contributed by atoms with Crippen molar-refractivity contribution in [3.05, 3.63) is 101 Å². The maximum absolute atomic E-state index is 13.7. The van der Waals surface area contributed by atoms with Crippen LogP contribution in [0.5, 0.6) is 0 Å². The summed E-state index contributed by atoms with van der Waals surface area (Å²) in [6.07, 6.45) is -0.193. The minimum Gasteiger partial charge on any atom is -0.445 e. The van der Waals surface area contributed by atoms with E-state index in [1.807, 2.05) is 66.7 Å². The number of hydrogen-bond donors (Lipinski definition) is 0. The molecule has 0 radical (unpaired) electrons. The van der Waals surface area contributed by atoms with Crippen molar-refractivity contribution in [2.45, 2.75) is 45.9 Å². The van der Waals surface area contributed by atoms with Gasteiger partial charge in [-0.1, -0.05) is 72.3 Å². The van der Waals surface area contributed by atoms with E-state index in [0.29, 0.717) is 16.3 Å². The second kappa shape index (κ2) is 10.4. The van der Waals surface area contributed by atoms with Crippen LogP contribution in [0.25, 0.3) is 27.2 Å². The van der Waals surface area contributed by atoms with Crippen LogP contribution in [-0.4, -0.2) is 34.4 Å². The lowest BCUT2D eigenvalue weighted by molar-refractivity contribution is -0.0107. The van der Waals surface area contributed by atoms with Crippen LogP contribution in [0.1, 0.15) is 44.9 Å². The maximum atomic E-state index is 13.7. The van der Waals surface area contributed by atoms with Gasteiger partial charge in [-0.15, -0.1) is 0 Å². The number of hydrazine groups is 1. The van der Waals surface area contributed by atoms with Gasteiger partial charge in [-0.3, -0.25) is 0 Å². The van der Waals surface area contributed by atoms with Gasteiger partial charge in [0.15, 0.2) is 0 Å². The van der Waals surface area contributed by atoms with E-state index < -0.39 is 30.4 Å². The van der Waals surface area contributed by atoms with Gasteiger partial charge in [0.1, 0.15) is 6.04 Å². The summed E-state index contributed by atoms with van der Waals surface area (Å²) in [5.41, 5.74) is 2.12. The summed E-state index contributed by atoms with van der Waals surface area (Å²) in [7, 11) is 0. The van der Waals surface area contributed by atoms with Crippen molar-refractivity contribution < 1.29 is 19.1 Å². The summed E-state index contributed by atoms with van der Waals surface area (Å²) in [5.74, 6) is 0. The molecule has 0 aliphatic carbocycles. The van der Waals surface area contributed by atoms with Gasteiger partial charge in [0.25, 0.3) is 0 Å². The van der Waals surface area contributed by atoms with Crippen LogP contribution >= 0.6 is 11.6 Å². The zero-order valence-corrected chi connectivity index (χ0v) is 22.5. The molecule has 0 bridgehead atoms. The molecule has 38 heavy (non-hydrogen) atoms. The second-order valence-electron chi connectivity index (χ2n) is 9.76. The molecule has 5 rings (SSSR count). The van der Waals surface area contributed by atoms with E-state index in [9.17, 15) is 9.59 Å². The molecule has 1 atom stereocenters. The number of benzene rings is 4. The lowest BCUT2D eigenvalue weighted by Gasteiger charge is -2.34. The van der Waals surface area contributed by atoms with E-state index in [1.165, 1.54) is 10.0 Å². The highest BCUT2D eigenvalue weighted by Crippen LogP contribution is 2.44. The highest BCUT2D eigenvalue weighted by Gasteiger charge is 2.44. The molecule has 0 fully saturated rings. The molecule has 1 aliphatic heterocycles. The van der Waals surface area contributed by atoms with Crippen LogP contribution in [0, 0.1) is 0 Å². The Morgan fingerprint density at radius 3 is 1.84 bits per heavy atom. The second-order valence-corrected chi connectivity index (χ2v) is 10.2. The quantitative estimate of drug-likeness (QED) is 0.250. The van der Waals surface area contributed by atoms with Crippen molar-refractivity contribution in [1.82, 2.24) is 10.0 Å². The van der Waals surface area contributed by atoms with Crippen LogP contribution in [0.3, 0.4) is 0 Å². The van der Waals surface area contributed by atoms with Crippen molar-refractivity contribution in [2.75, 3.05) is 0 Å². The number of fused-ring (bicyclic) bond motifs is 2. The van der Waals surface area contributed by atoms with Gasteiger partial charge in [-0.05, 0) is 79.1 Å². The summed E-state index contributed by atoms with van der Waals surface area (Å²) in [6, 6.07) is 24.7. The number of hydrogen-bond acceptors (Lipinski definition) is 4. The van der Waals surface area contributed by atoms with Gasteiger partial charge in [0, 0.05) is 10.6 Å². The minimum absolute atomic E-state index is 0.394. The molecular formula is C31H29ClN2O4. The molecule has 4 aromatic rings. The average Bonchev–Trinajstić information content (AvgIpc) is 3.27. The van der Waals surface area contributed by atoms with Crippen molar-refractivity contribution in [3.8, 4) is 0 Å². The molecule has 4 aromatic carbocycles. The maximum Gasteiger partial charge on any atom is 0.434 e. The fraction of sp³-hybridized carbons (Fsp3) is 0.226. The Morgan fingerprint density at radius 2 is 1.29 bits per heavy atom. The summed E-state index contributed by atoms with van der Waals surface area (Å²) < 4.78 is 11.3. The Balaban J connectivity index is 1.80. The van der Waals surface area contributed by atoms with Crippen molar-refractivity contribution in [2.24, 2.45) is 0 Å². The van der Waals surface area contributed by atoms with Crippen molar-refractivity contribution >= 4 is 51.0 Å². The summed E-state index contributed by atoms with van der Waals surface area (Å²) in [6.45, 7) is 7.10. The molecule has 2 amide bonds. The van der Waals surface area contributed by atoms with Gasteiger partial charge in [-0.25, -0.2) is 9.59 Å². The van der Waals surface area contributed by atoms with Crippen LogP contribution in [0.15, 0.2) is 84.9 Å². The predicted octanol–water partition coefficient (Wildman–Crippen LogP) is 8.35. The monoisotopic (exact) mass is 528 g/mol. The normalized spacial score (nSPS) is 15.4. The van der Waals surface area contributed by atoms with Gasteiger partial charge in [0.2, 0.25) is 0 Å². The topological polar surface area (TPSA) is 59.1 Å². The highest BCUT2D eigenvalue weighted by molar-refractivity contribution is 6.30. The van der Waals surface area contributed by atoms with Gasteiger partial charge >= 0.3 is 12.2 Å². The predicted molar refractivity (Wildman–Crippen MR) is 151 cm³/mol. The molecule has 0 saturated carbocycles. The molecule has 1 heterocycles. The lowest BCUT2D eigenvalue weighted by Crippen LogP contribution is -2.47. The Hall–Kier alpha value is -4.03. The number of halogens is 1. The first-order valence-corrected chi connectivity index (χ1v) is 13.0. The number of carbonyl (C=O) groups is 2. The molecule has 1 unspecified atom stereocenters. The molecular weight excluding hydrogens is 500 g/mol. The Kier molecular flexibility index (Phi) is 7.00. The molecule has 0 spiro atoms. The van der Waals surface area contributed by atoms with Crippen LogP contribution in [0.4, 0.5) is 9.59 Å². The number of ether oxygens (including phenoxy) is 2. The van der Waals surface area contributed by atoms with E-state index >= 15 is 0 Å². The number of rotatable bonds is 4. The SMILES string of the molecule is CC(C)OC(=O)N1C(c2ccc(Cl)cc2)=CC(c2c3ccccc3cc3ccccc23)N1C(=O)OC(C)C. The molecule has 0 N–H and O–H groups in total. The van der Waals surface area contributed by atoms with E-state index in [-0.39, 0.29) is 0 Å². The highest BCUT2D eigenvalue weighted by atomic mass is 35.5. The van der Waals surface area contributed by atoms with Gasteiger partial charge in [0.05, 0.1) is 17.9 Å². The van der Waals surface area contributed by atoms with E-state index in [2.05, 4.69) is 6.07 Å². The van der Waals surface area contributed by atoms with E-state index in [1.54, 1.807) is 39.8 Å². The number of amides is 2. The van der Waals surface area contributed by atoms with E-state index in [0.717, 1.165) is 27.1 Å². The third-order valence-electron chi connectivity index (χ3n) is 6.30. The summed E-state index contributed by atoms with van der Waals surface area (Å²) >= 11 is 6.17. The van der Waals surface area contributed by atoms with Crippen LogP contribution in [-0.2, 0) is 9.47 Å². The van der Waals surface area contributed by atoms with Crippen molar-refractivity contribution in [3.63, 3.8) is 0 Å². The smallest absolute Gasteiger partial charge is 0.434 e. The van der Waals surface area contributed by atoms with Crippen LogP contribution < -0.4 is 0 Å². The fourth-order valence-electron chi connectivity index (χ4n) is 4.83. The molecule has 194 valence electrons. The number of carbonyl (C=O) groups excluding carboxylic acids is 2. The van der Waals surface area contributed by atoms with E-state index in [4.69, 9.17) is 21.1 Å². The fourth-order valence-corrected chi connectivity index (χ4v) is 4.96. The number of nitrogens with zero attached hydrogens (tertiary/aromatic N) is 2. The Labute approximate surface area is 227 Å². The van der Waals surface area contributed by atoms with Crippen molar-refractivity contribution in [1.29, 1.82) is 0 Å². The van der Waals surface area contributed by atoms with Gasteiger partial charge < -0.3 is 9.47 Å². The first kappa shape index (κ1) is 25.6. The molecule has 0 aromatic heterocycles. The van der Waals surface area contributed by atoms with Crippen LogP contribution in [0.2, 0.25) is 5.02 Å². The summed E-state index contributed by atoms with van der Waals surface area (Å²) in [5, 5.41) is 7.23. The molecule has 0 saturated heterocycles. The standard InChI is InChI=1S/C31H29ClN2O4/c1-19(2)37-30(35)33-27(21-13-15-24(32)16-14-21)18-28(34(33)31(36)38-20(3)4)29-25-11-7-5-9-22(25)17-23-10-6-8-12-26(23)29/h5-20,28H,1-4H3. The summed E-state index contributed by atoms with van der Waals surface area (Å²) in [4.78, 5) is 27.3. The molecule has 6 nitrogen and oxygen atoms in total. The zero-order chi connectivity index (χ0) is 27.0. The average molecular weight is 529 g/mol. The first-order valence-electron chi connectivity index (χ1n) is 12.6. The Morgan fingerprint density at radius 1 is 0.763 bits per heavy atom.